The lowest BCUT2D eigenvalue weighted by molar-refractivity contribution is -0.131. The molecule has 0 bridgehead atoms. The van der Waals surface area contributed by atoms with Gasteiger partial charge >= 0.3 is 0 Å². The van der Waals surface area contributed by atoms with Gasteiger partial charge in [0.25, 0.3) is 0 Å². The second-order valence-electron chi connectivity index (χ2n) is 5.86. The first-order chi connectivity index (χ1) is 11.7. The summed E-state index contributed by atoms with van der Waals surface area (Å²) in [5.41, 5.74) is 1.21. The number of hydrogen-bond donors (Lipinski definition) is 1. The molecular formula is C18H27N3O2S. The topological polar surface area (TPSA) is 52.7 Å². The third-order valence-corrected chi connectivity index (χ3v) is 5.16. The molecule has 6 heteroatoms. The van der Waals surface area contributed by atoms with Crippen LogP contribution in [0.5, 0.6) is 0 Å². The SMILES string of the molecule is CCCSCC(=O)NCCC(=O)N1CCN(c2ccccc2)CC1. The van der Waals surface area contributed by atoms with Gasteiger partial charge in [-0.15, -0.1) is 0 Å². The predicted octanol–water partition coefficient (Wildman–Crippen LogP) is 1.98. The molecule has 1 heterocycles. The number of anilines is 1. The molecule has 2 amide bonds. The van der Waals surface area contributed by atoms with E-state index in [4.69, 9.17) is 0 Å². The molecule has 0 saturated carbocycles. The maximum atomic E-state index is 12.2. The number of thioether (sulfide) groups is 1. The Morgan fingerprint density at radius 1 is 1.12 bits per heavy atom. The highest BCUT2D eigenvalue weighted by molar-refractivity contribution is 7.99. The van der Waals surface area contributed by atoms with Gasteiger partial charge in [-0.1, -0.05) is 25.1 Å². The Morgan fingerprint density at radius 2 is 1.83 bits per heavy atom. The van der Waals surface area contributed by atoms with E-state index in [-0.39, 0.29) is 11.8 Å². The number of amides is 2. The van der Waals surface area contributed by atoms with Crippen LogP contribution < -0.4 is 10.2 Å². The van der Waals surface area contributed by atoms with E-state index >= 15 is 0 Å². The van der Waals surface area contributed by atoms with Crippen LogP contribution in [0.1, 0.15) is 19.8 Å². The molecule has 0 unspecified atom stereocenters. The highest BCUT2D eigenvalue weighted by Gasteiger charge is 2.20. The van der Waals surface area contributed by atoms with Crippen molar-refractivity contribution in [3.05, 3.63) is 30.3 Å². The van der Waals surface area contributed by atoms with Crippen LogP contribution >= 0.6 is 11.8 Å². The standard InChI is InChI=1S/C18H27N3O2S/c1-2-14-24-15-17(22)19-9-8-18(23)21-12-10-20(11-13-21)16-6-4-3-5-7-16/h3-7H,2,8-15H2,1H3,(H,19,22). The average Bonchev–Trinajstić information content (AvgIpc) is 2.63. The zero-order chi connectivity index (χ0) is 17.2. The van der Waals surface area contributed by atoms with Crippen LogP contribution in [0, 0.1) is 0 Å². The van der Waals surface area contributed by atoms with Crippen LogP contribution in [0.4, 0.5) is 5.69 Å². The summed E-state index contributed by atoms with van der Waals surface area (Å²) in [7, 11) is 0. The second-order valence-corrected chi connectivity index (χ2v) is 6.96. The molecule has 1 aliphatic heterocycles. The van der Waals surface area contributed by atoms with Gasteiger partial charge in [-0.2, -0.15) is 11.8 Å². The molecule has 0 aromatic heterocycles. The number of hydrogen-bond acceptors (Lipinski definition) is 4. The van der Waals surface area contributed by atoms with E-state index in [9.17, 15) is 9.59 Å². The van der Waals surface area contributed by atoms with E-state index in [0.29, 0.717) is 18.7 Å². The zero-order valence-electron chi connectivity index (χ0n) is 14.4. The molecule has 0 aliphatic carbocycles. The molecule has 1 aromatic carbocycles. The number of benzene rings is 1. The smallest absolute Gasteiger partial charge is 0.230 e. The van der Waals surface area contributed by atoms with Crippen LogP contribution in [0.25, 0.3) is 0 Å². The normalized spacial score (nSPS) is 14.5. The minimum absolute atomic E-state index is 0.0233. The maximum absolute atomic E-state index is 12.2. The third kappa shape index (κ3) is 6.07. The number of rotatable bonds is 8. The molecule has 1 N–H and O–H groups in total. The third-order valence-electron chi connectivity index (χ3n) is 4.00. The summed E-state index contributed by atoms with van der Waals surface area (Å²) in [6, 6.07) is 10.3. The lowest BCUT2D eigenvalue weighted by Gasteiger charge is -2.36. The molecule has 5 nitrogen and oxygen atoms in total. The van der Waals surface area contributed by atoms with E-state index in [1.54, 1.807) is 11.8 Å². The van der Waals surface area contributed by atoms with Gasteiger partial charge in [-0.3, -0.25) is 9.59 Å². The second kappa shape index (κ2) is 10.2. The quantitative estimate of drug-likeness (QED) is 0.729. The Hall–Kier alpha value is -1.69. The van der Waals surface area contributed by atoms with Crippen molar-refractivity contribution in [3.63, 3.8) is 0 Å². The lowest BCUT2D eigenvalue weighted by Crippen LogP contribution is -2.49. The first-order valence-electron chi connectivity index (χ1n) is 8.63. The first-order valence-corrected chi connectivity index (χ1v) is 9.78. The van der Waals surface area contributed by atoms with Gasteiger partial charge in [0, 0.05) is 44.8 Å². The Kier molecular flexibility index (Phi) is 7.95. The number of carbonyl (C=O) groups excluding carboxylic acids is 2. The van der Waals surface area contributed by atoms with Gasteiger partial charge in [0.05, 0.1) is 5.75 Å². The van der Waals surface area contributed by atoms with Gasteiger partial charge in [0.2, 0.25) is 11.8 Å². The van der Waals surface area contributed by atoms with E-state index in [0.717, 1.165) is 38.4 Å². The van der Waals surface area contributed by atoms with Crippen LogP contribution in [-0.2, 0) is 9.59 Å². The number of nitrogens with one attached hydrogen (secondary N) is 1. The van der Waals surface area contributed by atoms with E-state index in [1.165, 1.54) is 5.69 Å². The van der Waals surface area contributed by atoms with E-state index in [1.807, 2.05) is 23.1 Å². The van der Waals surface area contributed by atoms with Crippen molar-refractivity contribution in [1.29, 1.82) is 0 Å². The average molecular weight is 350 g/mol. The number of nitrogens with zero attached hydrogens (tertiary/aromatic N) is 2. The van der Waals surface area contributed by atoms with Crippen molar-refractivity contribution in [2.75, 3.05) is 49.1 Å². The Morgan fingerprint density at radius 3 is 2.50 bits per heavy atom. The van der Waals surface area contributed by atoms with Crippen LogP contribution in [0.3, 0.4) is 0 Å². The van der Waals surface area contributed by atoms with E-state index < -0.39 is 0 Å². The zero-order valence-corrected chi connectivity index (χ0v) is 15.2. The predicted molar refractivity (Wildman–Crippen MR) is 100 cm³/mol. The highest BCUT2D eigenvalue weighted by Crippen LogP contribution is 2.15. The van der Waals surface area contributed by atoms with E-state index in [2.05, 4.69) is 29.3 Å². The number of carbonyl (C=O) groups is 2. The fourth-order valence-electron chi connectivity index (χ4n) is 2.68. The summed E-state index contributed by atoms with van der Waals surface area (Å²) < 4.78 is 0. The van der Waals surface area contributed by atoms with Gasteiger partial charge < -0.3 is 15.1 Å². The molecule has 1 fully saturated rings. The van der Waals surface area contributed by atoms with Gasteiger partial charge in [-0.05, 0) is 24.3 Å². The molecule has 2 rings (SSSR count). The number of para-hydroxylation sites is 1. The monoisotopic (exact) mass is 349 g/mol. The Bertz CT molecular complexity index is 516. The largest absolute Gasteiger partial charge is 0.368 e. The molecule has 1 aromatic rings. The van der Waals surface area contributed by atoms with Gasteiger partial charge in [0.1, 0.15) is 0 Å². The first kappa shape index (κ1) is 18.6. The summed E-state index contributed by atoms with van der Waals surface area (Å²) in [5.74, 6) is 1.63. The van der Waals surface area contributed by atoms with Gasteiger partial charge in [-0.25, -0.2) is 0 Å². The van der Waals surface area contributed by atoms with Gasteiger partial charge in [0.15, 0.2) is 0 Å². The molecule has 24 heavy (non-hydrogen) atoms. The molecule has 0 spiro atoms. The molecule has 1 aliphatic rings. The number of piperazine rings is 1. The molecule has 0 radical (unpaired) electrons. The Balaban J connectivity index is 1.63. The fourth-order valence-corrected chi connectivity index (χ4v) is 3.40. The summed E-state index contributed by atoms with van der Waals surface area (Å²) in [6.07, 6.45) is 1.46. The lowest BCUT2D eigenvalue weighted by atomic mass is 10.2. The van der Waals surface area contributed by atoms with Crippen molar-refractivity contribution in [1.82, 2.24) is 10.2 Å². The molecule has 1 saturated heterocycles. The summed E-state index contributed by atoms with van der Waals surface area (Å²) in [4.78, 5) is 28.0. The summed E-state index contributed by atoms with van der Waals surface area (Å²) in [5, 5.41) is 2.83. The van der Waals surface area contributed by atoms with Crippen molar-refractivity contribution in [3.8, 4) is 0 Å². The fraction of sp³-hybridized carbons (Fsp3) is 0.556. The van der Waals surface area contributed by atoms with Crippen molar-refractivity contribution in [2.24, 2.45) is 0 Å². The van der Waals surface area contributed by atoms with Crippen LogP contribution in [0.15, 0.2) is 30.3 Å². The molecular weight excluding hydrogens is 322 g/mol. The van der Waals surface area contributed by atoms with Crippen LogP contribution in [-0.4, -0.2) is 60.9 Å². The molecule has 132 valence electrons. The van der Waals surface area contributed by atoms with Crippen molar-refractivity contribution >= 4 is 29.3 Å². The molecule has 0 atom stereocenters. The van der Waals surface area contributed by atoms with Crippen LogP contribution in [0.2, 0.25) is 0 Å². The van der Waals surface area contributed by atoms with Crippen molar-refractivity contribution < 1.29 is 9.59 Å². The van der Waals surface area contributed by atoms with Crippen molar-refractivity contribution in [2.45, 2.75) is 19.8 Å². The Labute approximate surface area is 148 Å². The summed E-state index contributed by atoms with van der Waals surface area (Å²) in [6.45, 7) is 5.73. The highest BCUT2D eigenvalue weighted by atomic mass is 32.2. The summed E-state index contributed by atoms with van der Waals surface area (Å²) >= 11 is 1.63. The minimum Gasteiger partial charge on any atom is -0.368 e. The minimum atomic E-state index is 0.0233. The maximum Gasteiger partial charge on any atom is 0.230 e.